The van der Waals surface area contributed by atoms with Gasteiger partial charge in [-0.2, -0.15) is 0 Å². The van der Waals surface area contributed by atoms with Crippen molar-refractivity contribution in [2.45, 2.75) is 18.4 Å². The van der Waals surface area contributed by atoms with Gasteiger partial charge in [0.2, 0.25) is 5.91 Å². The van der Waals surface area contributed by atoms with E-state index in [1.807, 2.05) is 0 Å². The number of para-hydroxylation sites is 1. The number of carbonyl (C=O) groups excluding carboxylic acids is 1. The Bertz CT molecular complexity index is 1220. The van der Waals surface area contributed by atoms with Crippen molar-refractivity contribution in [3.05, 3.63) is 82.0 Å². The number of sulfonamides is 1. The molecule has 2 aromatic carbocycles. The Morgan fingerprint density at radius 3 is 2.66 bits per heavy atom. The first-order valence-corrected chi connectivity index (χ1v) is 10.3. The summed E-state index contributed by atoms with van der Waals surface area (Å²) in [6.45, 7) is 1.39. The van der Waals surface area contributed by atoms with Gasteiger partial charge in [0, 0.05) is 18.1 Å². The molecule has 0 aliphatic heterocycles. The molecule has 150 valence electrons. The summed E-state index contributed by atoms with van der Waals surface area (Å²) in [6.07, 6.45) is 2.77. The van der Waals surface area contributed by atoms with Crippen molar-refractivity contribution in [3.8, 4) is 0 Å². The molecular formula is C19H17ClN4O4S. The molecule has 1 heterocycles. The fourth-order valence-electron chi connectivity index (χ4n) is 2.57. The van der Waals surface area contributed by atoms with Crippen molar-refractivity contribution in [1.29, 1.82) is 0 Å². The van der Waals surface area contributed by atoms with E-state index in [2.05, 4.69) is 15.0 Å². The largest absolute Gasteiger partial charge is 0.347 e. The van der Waals surface area contributed by atoms with E-state index in [0.717, 1.165) is 4.57 Å². The molecule has 0 saturated heterocycles. The van der Waals surface area contributed by atoms with Crippen molar-refractivity contribution >= 4 is 38.9 Å². The van der Waals surface area contributed by atoms with Crippen LogP contribution in [0.1, 0.15) is 5.56 Å². The van der Waals surface area contributed by atoms with Crippen LogP contribution >= 0.6 is 11.6 Å². The summed E-state index contributed by atoms with van der Waals surface area (Å²) in [6, 6.07) is 12.5. The van der Waals surface area contributed by atoms with Crippen LogP contribution in [-0.4, -0.2) is 23.9 Å². The van der Waals surface area contributed by atoms with Gasteiger partial charge in [0.25, 0.3) is 10.0 Å². The lowest BCUT2D eigenvalue weighted by Crippen LogP contribution is -2.28. The number of carbonyl (C=O) groups is 1. The average molecular weight is 433 g/mol. The Morgan fingerprint density at radius 1 is 1.17 bits per heavy atom. The number of hydrogen-bond donors (Lipinski definition) is 2. The summed E-state index contributed by atoms with van der Waals surface area (Å²) in [5, 5.41) is 2.85. The van der Waals surface area contributed by atoms with E-state index < -0.39 is 21.6 Å². The lowest BCUT2D eigenvalue weighted by Gasteiger charge is -2.13. The molecule has 0 fully saturated rings. The maximum Gasteiger partial charge on any atom is 0.347 e. The molecule has 1 aromatic heterocycles. The lowest BCUT2D eigenvalue weighted by molar-refractivity contribution is -0.116. The summed E-state index contributed by atoms with van der Waals surface area (Å²) in [7, 11) is -3.94. The summed E-state index contributed by atoms with van der Waals surface area (Å²) in [4.78, 5) is 27.4. The number of halogens is 1. The van der Waals surface area contributed by atoms with E-state index >= 15 is 0 Å². The zero-order chi connectivity index (χ0) is 21.0. The lowest BCUT2D eigenvalue weighted by atomic mass is 10.2. The number of amides is 1. The zero-order valence-corrected chi connectivity index (χ0v) is 16.9. The molecule has 0 spiro atoms. The maximum atomic E-state index is 12.8. The smallest absolute Gasteiger partial charge is 0.324 e. The second-order valence-electron chi connectivity index (χ2n) is 6.14. The number of nitrogens with zero attached hydrogens (tertiary/aromatic N) is 2. The monoisotopic (exact) mass is 432 g/mol. The van der Waals surface area contributed by atoms with Gasteiger partial charge in [-0.05, 0) is 42.8 Å². The first-order chi connectivity index (χ1) is 13.8. The van der Waals surface area contributed by atoms with E-state index in [4.69, 9.17) is 11.6 Å². The predicted octanol–water partition coefficient (Wildman–Crippen LogP) is 2.64. The van der Waals surface area contributed by atoms with Crippen molar-refractivity contribution < 1.29 is 13.2 Å². The van der Waals surface area contributed by atoms with Gasteiger partial charge in [-0.3, -0.25) is 14.1 Å². The van der Waals surface area contributed by atoms with Crippen LogP contribution in [0, 0.1) is 6.92 Å². The molecule has 0 radical (unpaired) electrons. The Kier molecular flexibility index (Phi) is 6.00. The van der Waals surface area contributed by atoms with Crippen LogP contribution in [0.5, 0.6) is 0 Å². The van der Waals surface area contributed by atoms with Gasteiger partial charge in [0.05, 0.1) is 15.6 Å². The fraction of sp³-hybridized carbons (Fsp3) is 0.105. The minimum absolute atomic E-state index is 0.00577. The summed E-state index contributed by atoms with van der Waals surface area (Å²) in [5.74, 6) is -0.494. The third-order valence-electron chi connectivity index (χ3n) is 3.98. The molecule has 0 unspecified atom stereocenters. The molecule has 0 aliphatic rings. The SMILES string of the molecule is Cc1ccc(NC(=O)Cn2cccnc2=O)cc1S(=O)(=O)Nc1ccccc1Cl. The van der Waals surface area contributed by atoms with Crippen LogP contribution in [0.25, 0.3) is 0 Å². The highest BCUT2D eigenvalue weighted by Gasteiger charge is 2.19. The molecule has 0 atom stereocenters. The summed E-state index contributed by atoms with van der Waals surface area (Å²) >= 11 is 6.03. The van der Waals surface area contributed by atoms with Gasteiger partial charge in [-0.1, -0.05) is 29.8 Å². The standard InChI is InChI=1S/C19H17ClN4O4S/c1-13-7-8-14(22-18(25)12-24-10-4-9-21-19(24)26)11-17(13)29(27,28)23-16-6-3-2-5-15(16)20/h2-11,23H,12H2,1H3,(H,22,25). The average Bonchev–Trinajstić information content (AvgIpc) is 2.67. The van der Waals surface area contributed by atoms with Crippen LogP contribution in [0.3, 0.4) is 0 Å². The van der Waals surface area contributed by atoms with Crippen molar-refractivity contribution in [2.75, 3.05) is 10.0 Å². The summed E-state index contributed by atoms with van der Waals surface area (Å²) < 4.78 is 29.2. The van der Waals surface area contributed by atoms with Gasteiger partial charge in [-0.15, -0.1) is 0 Å². The Labute approximate surface area is 172 Å². The molecule has 0 aliphatic carbocycles. The highest BCUT2D eigenvalue weighted by Crippen LogP contribution is 2.26. The minimum Gasteiger partial charge on any atom is -0.324 e. The number of rotatable bonds is 6. The molecule has 2 N–H and O–H groups in total. The first-order valence-electron chi connectivity index (χ1n) is 8.45. The van der Waals surface area contributed by atoms with Gasteiger partial charge in [0.15, 0.2) is 0 Å². The molecule has 10 heteroatoms. The molecule has 0 saturated carbocycles. The highest BCUT2D eigenvalue weighted by molar-refractivity contribution is 7.92. The van der Waals surface area contributed by atoms with E-state index in [0.29, 0.717) is 5.56 Å². The second kappa shape index (κ2) is 8.46. The topological polar surface area (TPSA) is 110 Å². The maximum absolute atomic E-state index is 12.8. The number of hydrogen-bond acceptors (Lipinski definition) is 5. The van der Waals surface area contributed by atoms with E-state index in [-0.39, 0.29) is 27.8 Å². The molecule has 3 rings (SSSR count). The van der Waals surface area contributed by atoms with Gasteiger partial charge in [-0.25, -0.2) is 18.2 Å². The first kappa shape index (κ1) is 20.6. The van der Waals surface area contributed by atoms with Gasteiger partial charge < -0.3 is 5.32 Å². The van der Waals surface area contributed by atoms with Crippen molar-refractivity contribution in [2.24, 2.45) is 0 Å². The number of anilines is 2. The van der Waals surface area contributed by atoms with E-state index in [1.165, 1.54) is 24.5 Å². The normalized spacial score (nSPS) is 11.1. The number of benzene rings is 2. The van der Waals surface area contributed by atoms with Gasteiger partial charge in [0.1, 0.15) is 6.54 Å². The minimum atomic E-state index is -3.94. The fourth-order valence-corrected chi connectivity index (χ4v) is 4.16. The van der Waals surface area contributed by atoms with Crippen LogP contribution in [0.4, 0.5) is 11.4 Å². The summed E-state index contributed by atoms with van der Waals surface area (Å²) in [5.41, 5.74) is 0.459. The van der Waals surface area contributed by atoms with Gasteiger partial charge >= 0.3 is 5.69 Å². The molecular weight excluding hydrogens is 416 g/mol. The molecule has 8 nitrogen and oxygen atoms in total. The van der Waals surface area contributed by atoms with Crippen molar-refractivity contribution in [1.82, 2.24) is 9.55 Å². The molecule has 29 heavy (non-hydrogen) atoms. The van der Waals surface area contributed by atoms with Crippen molar-refractivity contribution in [3.63, 3.8) is 0 Å². The number of aromatic nitrogens is 2. The van der Waals surface area contributed by atoms with E-state index in [1.54, 1.807) is 43.3 Å². The number of nitrogens with one attached hydrogen (secondary N) is 2. The highest BCUT2D eigenvalue weighted by atomic mass is 35.5. The second-order valence-corrected chi connectivity index (χ2v) is 8.20. The van der Waals surface area contributed by atoms with Crippen LogP contribution in [0.2, 0.25) is 5.02 Å². The Hall–Kier alpha value is -3.17. The molecule has 1 amide bonds. The van der Waals surface area contributed by atoms with Crippen LogP contribution in [-0.2, 0) is 21.4 Å². The zero-order valence-electron chi connectivity index (χ0n) is 15.3. The van der Waals surface area contributed by atoms with Crippen LogP contribution in [0.15, 0.2) is 70.6 Å². The Morgan fingerprint density at radius 2 is 1.93 bits per heavy atom. The van der Waals surface area contributed by atoms with E-state index in [9.17, 15) is 18.0 Å². The Balaban J connectivity index is 1.82. The quantitative estimate of drug-likeness (QED) is 0.622. The molecule has 0 bridgehead atoms. The van der Waals surface area contributed by atoms with Crippen LogP contribution < -0.4 is 15.7 Å². The predicted molar refractivity (Wildman–Crippen MR) is 111 cm³/mol. The molecule has 3 aromatic rings. The number of aryl methyl sites for hydroxylation is 1. The third kappa shape index (κ3) is 5.01. The third-order valence-corrected chi connectivity index (χ3v) is 5.81.